The molecule has 0 aliphatic rings. The number of aromatic nitrogens is 2. The highest BCUT2D eigenvalue weighted by atomic mass is 32.1. The Kier molecular flexibility index (Phi) is 2.71. The van der Waals surface area contributed by atoms with Crippen LogP contribution in [0.2, 0.25) is 0 Å². The van der Waals surface area contributed by atoms with Crippen LogP contribution in [0.25, 0.3) is 0 Å². The molecule has 0 aliphatic carbocycles. The van der Waals surface area contributed by atoms with E-state index in [0.717, 1.165) is 11.5 Å². The lowest BCUT2D eigenvalue weighted by molar-refractivity contribution is 0.0951. The summed E-state index contributed by atoms with van der Waals surface area (Å²) in [6, 6.07) is 1.40. The Balaban J connectivity index is 2.57. The third-order valence-electron chi connectivity index (χ3n) is 1.13. The fraction of sp³-hybridized carbons (Fsp3) is 0.333. The SMILES string of the molecule is CC(C#N)NC(=O)c1cnns1. The van der Waals surface area contributed by atoms with Crippen molar-refractivity contribution in [3.05, 3.63) is 11.1 Å². The van der Waals surface area contributed by atoms with Gasteiger partial charge in [-0.25, -0.2) is 0 Å². The number of nitrogens with one attached hydrogen (secondary N) is 1. The molecule has 0 aliphatic heterocycles. The second kappa shape index (κ2) is 3.78. The van der Waals surface area contributed by atoms with Crippen LogP contribution in [0.3, 0.4) is 0 Å². The predicted molar refractivity (Wildman–Crippen MR) is 42.5 cm³/mol. The van der Waals surface area contributed by atoms with E-state index >= 15 is 0 Å². The lowest BCUT2D eigenvalue weighted by atomic mass is 10.3. The summed E-state index contributed by atoms with van der Waals surface area (Å²) >= 11 is 1.00. The number of hydrogen-bond donors (Lipinski definition) is 1. The van der Waals surface area contributed by atoms with Gasteiger partial charge in [0, 0.05) is 0 Å². The van der Waals surface area contributed by atoms with E-state index in [1.54, 1.807) is 6.92 Å². The normalized spacial score (nSPS) is 11.7. The average Bonchev–Trinajstić information content (AvgIpc) is 2.56. The minimum Gasteiger partial charge on any atom is -0.336 e. The maximum absolute atomic E-state index is 11.1. The summed E-state index contributed by atoms with van der Waals surface area (Å²) in [4.78, 5) is 11.6. The minimum atomic E-state index is -0.486. The fourth-order valence-electron chi connectivity index (χ4n) is 0.567. The third kappa shape index (κ3) is 2.00. The number of carbonyl (C=O) groups excluding carboxylic acids is 1. The summed E-state index contributed by atoms with van der Waals surface area (Å²) in [6.45, 7) is 1.60. The van der Waals surface area contributed by atoms with Gasteiger partial charge >= 0.3 is 0 Å². The molecule has 0 radical (unpaired) electrons. The van der Waals surface area contributed by atoms with E-state index in [9.17, 15) is 4.79 Å². The van der Waals surface area contributed by atoms with E-state index in [1.807, 2.05) is 6.07 Å². The number of hydrogen-bond acceptors (Lipinski definition) is 5. The van der Waals surface area contributed by atoms with E-state index in [-0.39, 0.29) is 5.91 Å². The molecule has 1 aromatic heterocycles. The van der Waals surface area contributed by atoms with Crippen LogP contribution in [-0.2, 0) is 0 Å². The largest absolute Gasteiger partial charge is 0.336 e. The molecule has 12 heavy (non-hydrogen) atoms. The Morgan fingerprint density at radius 3 is 3.17 bits per heavy atom. The van der Waals surface area contributed by atoms with Crippen LogP contribution in [0.4, 0.5) is 0 Å². The van der Waals surface area contributed by atoms with Gasteiger partial charge in [0.05, 0.1) is 12.3 Å². The number of nitriles is 1. The van der Waals surface area contributed by atoms with Gasteiger partial charge < -0.3 is 5.32 Å². The second-order valence-electron chi connectivity index (χ2n) is 2.11. The molecule has 0 saturated heterocycles. The van der Waals surface area contributed by atoms with E-state index in [4.69, 9.17) is 5.26 Å². The van der Waals surface area contributed by atoms with Crippen molar-refractivity contribution in [1.82, 2.24) is 14.9 Å². The molecule has 0 spiro atoms. The van der Waals surface area contributed by atoms with Crippen molar-refractivity contribution in [2.24, 2.45) is 0 Å². The molecule has 1 heterocycles. The Morgan fingerprint density at radius 2 is 2.67 bits per heavy atom. The van der Waals surface area contributed by atoms with Crippen molar-refractivity contribution < 1.29 is 4.79 Å². The molecule has 1 N–H and O–H groups in total. The van der Waals surface area contributed by atoms with Crippen molar-refractivity contribution >= 4 is 17.4 Å². The molecular weight excluding hydrogens is 176 g/mol. The molecule has 0 aromatic carbocycles. The maximum Gasteiger partial charge on any atom is 0.265 e. The smallest absolute Gasteiger partial charge is 0.265 e. The molecule has 1 amide bonds. The van der Waals surface area contributed by atoms with Crippen LogP contribution in [0.5, 0.6) is 0 Å². The standard InChI is InChI=1S/C6H6N4OS/c1-4(2-7)9-6(11)5-3-8-10-12-5/h3-4H,1H3,(H,9,11). The topological polar surface area (TPSA) is 78.7 Å². The molecule has 62 valence electrons. The Morgan fingerprint density at radius 1 is 1.92 bits per heavy atom. The van der Waals surface area contributed by atoms with Gasteiger partial charge in [-0.05, 0) is 18.5 Å². The van der Waals surface area contributed by atoms with Gasteiger partial charge in [-0.2, -0.15) is 5.26 Å². The number of carbonyl (C=O) groups is 1. The Bertz CT molecular complexity index is 302. The number of amides is 1. The zero-order chi connectivity index (χ0) is 8.97. The molecular formula is C6H6N4OS. The van der Waals surface area contributed by atoms with E-state index in [1.165, 1.54) is 6.20 Å². The zero-order valence-electron chi connectivity index (χ0n) is 6.31. The van der Waals surface area contributed by atoms with Crippen molar-refractivity contribution in [3.8, 4) is 6.07 Å². The monoisotopic (exact) mass is 182 g/mol. The van der Waals surface area contributed by atoms with Crippen molar-refractivity contribution in [2.75, 3.05) is 0 Å². The summed E-state index contributed by atoms with van der Waals surface area (Å²) in [6.07, 6.45) is 1.37. The molecule has 6 heteroatoms. The highest BCUT2D eigenvalue weighted by molar-refractivity contribution is 7.07. The third-order valence-corrected chi connectivity index (χ3v) is 1.79. The molecule has 0 bridgehead atoms. The van der Waals surface area contributed by atoms with Gasteiger partial charge in [0.2, 0.25) is 0 Å². The number of nitrogens with zero attached hydrogens (tertiary/aromatic N) is 3. The summed E-state index contributed by atoms with van der Waals surface area (Å²) in [7, 11) is 0. The van der Waals surface area contributed by atoms with Crippen LogP contribution >= 0.6 is 11.5 Å². The van der Waals surface area contributed by atoms with Gasteiger partial charge in [-0.1, -0.05) is 4.49 Å². The molecule has 1 rings (SSSR count). The highest BCUT2D eigenvalue weighted by Gasteiger charge is 2.10. The fourth-order valence-corrected chi connectivity index (χ4v) is 0.986. The molecule has 1 atom stereocenters. The maximum atomic E-state index is 11.1. The van der Waals surface area contributed by atoms with Crippen molar-refractivity contribution in [2.45, 2.75) is 13.0 Å². The van der Waals surface area contributed by atoms with Gasteiger partial charge in [0.1, 0.15) is 10.9 Å². The van der Waals surface area contributed by atoms with Crippen molar-refractivity contribution in [3.63, 3.8) is 0 Å². The lowest BCUT2D eigenvalue weighted by Crippen LogP contribution is -2.30. The predicted octanol–water partition coefficient (Wildman–Crippen LogP) is 0.180. The quantitative estimate of drug-likeness (QED) is 0.707. The Labute approximate surface area is 73.2 Å². The van der Waals surface area contributed by atoms with Crippen LogP contribution in [-0.4, -0.2) is 21.5 Å². The molecule has 0 fully saturated rings. The molecule has 5 nitrogen and oxygen atoms in total. The second-order valence-corrected chi connectivity index (χ2v) is 2.89. The van der Waals surface area contributed by atoms with Crippen LogP contribution in [0.1, 0.15) is 16.6 Å². The number of rotatable bonds is 2. The van der Waals surface area contributed by atoms with Gasteiger partial charge in [0.15, 0.2) is 0 Å². The van der Waals surface area contributed by atoms with Crippen LogP contribution in [0.15, 0.2) is 6.20 Å². The summed E-state index contributed by atoms with van der Waals surface area (Å²) in [5.41, 5.74) is 0. The molecule has 1 aromatic rings. The zero-order valence-corrected chi connectivity index (χ0v) is 7.13. The summed E-state index contributed by atoms with van der Waals surface area (Å²) in [5.74, 6) is -0.306. The first-order chi connectivity index (χ1) is 5.74. The van der Waals surface area contributed by atoms with Crippen LogP contribution in [0, 0.1) is 11.3 Å². The van der Waals surface area contributed by atoms with Crippen LogP contribution < -0.4 is 5.32 Å². The van der Waals surface area contributed by atoms with Gasteiger partial charge in [-0.15, -0.1) is 5.10 Å². The Hall–Kier alpha value is -1.48. The lowest BCUT2D eigenvalue weighted by Gasteiger charge is -2.02. The van der Waals surface area contributed by atoms with Crippen molar-refractivity contribution in [1.29, 1.82) is 5.26 Å². The van der Waals surface area contributed by atoms with Gasteiger partial charge in [-0.3, -0.25) is 4.79 Å². The molecule has 1 unspecified atom stereocenters. The minimum absolute atomic E-state index is 0.306. The van der Waals surface area contributed by atoms with E-state index < -0.39 is 6.04 Å². The first-order valence-electron chi connectivity index (χ1n) is 3.22. The van der Waals surface area contributed by atoms with E-state index in [0.29, 0.717) is 4.88 Å². The average molecular weight is 182 g/mol. The molecule has 0 saturated carbocycles. The van der Waals surface area contributed by atoms with Gasteiger partial charge in [0.25, 0.3) is 5.91 Å². The summed E-state index contributed by atoms with van der Waals surface area (Å²) in [5, 5.41) is 14.4. The highest BCUT2D eigenvalue weighted by Crippen LogP contribution is 2.01. The first kappa shape index (κ1) is 8.62. The first-order valence-corrected chi connectivity index (χ1v) is 3.99. The van der Waals surface area contributed by atoms with E-state index in [2.05, 4.69) is 14.9 Å². The summed E-state index contributed by atoms with van der Waals surface area (Å²) < 4.78 is 3.52.